The van der Waals surface area contributed by atoms with E-state index in [4.69, 9.17) is 10.8 Å². The number of benzene rings is 1. The van der Waals surface area contributed by atoms with Gasteiger partial charge in [0.05, 0.1) is 4.47 Å². The van der Waals surface area contributed by atoms with Gasteiger partial charge in [0.15, 0.2) is 5.92 Å². The van der Waals surface area contributed by atoms with E-state index >= 15 is 0 Å². The summed E-state index contributed by atoms with van der Waals surface area (Å²) in [5.74, 6) is -9.44. The van der Waals surface area contributed by atoms with Gasteiger partial charge in [0, 0.05) is 11.6 Å². The third-order valence-electron chi connectivity index (χ3n) is 2.09. The van der Waals surface area contributed by atoms with Crippen molar-refractivity contribution in [2.75, 3.05) is 6.61 Å². The van der Waals surface area contributed by atoms with Gasteiger partial charge < -0.3 is 10.8 Å². The number of carbonyl (C=O) groups is 1. The lowest BCUT2D eigenvalue weighted by Crippen LogP contribution is -2.40. The Labute approximate surface area is 108 Å². The van der Waals surface area contributed by atoms with Crippen molar-refractivity contribution < 1.29 is 27.5 Å². The molecule has 1 radical (unpaired) electrons. The van der Waals surface area contributed by atoms with Gasteiger partial charge in [0.2, 0.25) is 5.91 Å². The average Bonchev–Trinajstić information content (AvgIpc) is 2.25. The zero-order valence-electron chi connectivity index (χ0n) is 8.68. The Bertz CT molecular complexity index is 481. The van der Waals surface area contributed by atoms with Crippen LogP contribution in [0.1, 0.15) is 5.56 Å². The smallest absolute Gasteiger partial charge is 0.290 e. The van der Waals surface area contributed by atoms with Crippen molar-refractivity contribution in [2.24, 2.45) is 5.73 Å². The molecule has 3 N–H and O–H groups in total. The van der Waals surface area contributed by atoms with Gasteiger partial charge in [-0.3, -0.25) is 4.79 Å². The molecule has 0 aromatic heterocycles. The molecular formula is C10H7BrF4NO2. The lowest BCUT2D eigenvalue weighted by atomic mass is 9.91. The molecule has 18 heavy (non-hydrogen) atoms. The Morgan fingerprint density at radius 3 is 2.33 bits per heavy atom. The number of carbonyl (C=O) groups excluding carboxylic acids is 1. The predicted octanol–water partition coefficient (Wildman–Crippen LogP) is 1.76. The Balaban J connectivity index is 3.40. The molecule has 0 bridgehead atoms. The van der Waals surface area contributed by atoms with E-state index in [2.05, 4.69) is 15.9 Å². The van der Waals surface area contributed by atoms with Crippen molar-refractivity contribution in [3.05, 3.63) is 39.7 Å². The Hall–Kier alpha value is -1.15. The van der Waals surface area contributed by atoms with E-state index in [0.717, 1.165) is 0 Å². The van der Waals surface area contributed by atoms with Gasteiger partial charge in [-0.15, -0.1) is 0 Å². The molecule has 0 unspecified atom stereocenters. The van der Waals surface area contributed by atoms with Crippen LogP contribution in [0.3, 0.4) is 0 Å². The van der Waals surface area contributed by atoms with Crippen LogP contribution in [-0.2, 0) is 4.79 Å². The van der Waals surface area contributed by atoms with Crippen molar-refractivity contribution in [1.82, 2.24) is 0 Å². The predicted molar refractivity (Wildman–Crippen MR) is 57.6 cm³/mol. The van der Waals surface area contributed by atoms with Gasteiger partial charge in [-0.1, -0.05) is 0 Å². The molecule has 0 heterocycles. The van der Waals surface area contributed by atoms with Crippen LogP contribution in [0.2, 0.25) is 0 Å². The van der Waals surface area contributed by atoms with E-state index in [-0.39, 0.29) is 4.47 Å². The Morgan fingerprint density at radius 1 is 1.33 bits per heavy atom. The van der Waals surface area contributed by atoms with Gasteiger partial charge >= 0.3 is 0 Å². The highest BCUT2D eigenvalue weighted by molar-refractivity contribution is 9.10. The summed E-state index contributed by atoms with van der Waals surface area (Å²) in [5.41, 5.74) is 3.88. The van der Waals surface area contributed by atoms with Gasteiger partial charge in [-0.25, -0.2) is 17.6 Å². The Morgan fingerprint density at radius 2 is 1.89 bits per heavy atom. The maximum absolute atomic E-state index is 13.4. The summed E-state index contributed by atoms with van der Waals surface area (Å²) in [6, 6.07) is 0.990. The van der Waals surface area contributed by atoms with Crippen LogP contribution >= 0.6 is 15.9 Å². The van der Waals surface area contributed by atoms with Crippen LogP contribution in [0.25, 0.3) is 0 Å². The molecule has 1 amide bonds. The summed E-state index contributed by atoms with van der Waals surface area (Å²) in [4.78, 5) is 11.0. The first kappa shape index (κ1) is 14.9. The van der Waals surface area contributed by atoms with Crippen LogP contribution in [0.15, 0.2) is 16.6 Å². The summed E-state index contributed by atoms with van der Waals surface area (Å²) < 4.78 is 52.6. The van der Waals surface area contributed by atoms with Gasteiger partial charge in [0.1, 0.15) is 18.2 Å². The van der Waals surface area contributed by atoms with Crippen LogP contribution in [0.5, 0.6) is 0 Å². The first-order chi connectivity index (χ1) is 8.20. The van der Waals surface area contributed by atoms with Crippen molar-refractivity contribution in [3.63, 3.8) is 0 Å². The minimum atomic E-state index is -4.02. The second kappa shape index (κ2) is 5.23. The molecular weight excluding hydrogens is 322 g/mol. The van der Waals surface area contributed by atoms with Crippen molar-refractivity contribution >= 4 is 21.8 Å². The molecule has 99 valence electrons. The van der Waals surface area contributed by atoms with Crippen LogP contribution in [0, 0.1) is 17.6 Å². The molecule has 3 nitrogen and oxygen atoms in total. The standard InChI is InChI=1S/C10H7BrF4NO2/c11-5-1-4(6(12)2-7(5)13)8(9(16)18)10(14,15)3-17/h1-2,17H,3H2,(H2,16,18). The number of hydrogen-bond acceptors (Lipinski definition) is 2. The molecule has 8 heteroatoms. The number of rotatable bonds is 4. The van der Waals surface area contributed by atoms with E-state index in [9.17, 15) is 22.4 Å². The zero-order valence-corrected chi connectivity index (χ0v) is 10.3. The topological polar surface area (TPSA) is 63.3 Å². The molecule has 1 aromatic rings. The molecule has 0 saturated carbocycles. The van der Waals surface area contributed by atoms with Crippen molar-refractivity contribution in [2.45, 2.75) is 5.92 Å². The first-order valence-corrected chi connectivity index (χ1v) is 5.31. The zero-order chi connectivity index (χ0) is 14.1. The summed E-state index contributed by atoms with van der Waals surface area (Å²) in [6.45, 7) is -1.72. The lowest BCUT2D eigenvalue weighted by Gasteiger charge is -2.22. The molecule has 1 rings (SSSR count). The second-order valence-electron chi connectivity index (χ2n) is 3.35. The first-order valence-electron chi connectivity index (χ1n) is 4.51. The van der Waals surface area contributed by atoms with Crippen molar-refractivity contribution in [1.29, 1.82) is 0 Å². The molecule has 0 aliphatic heterocycles. The molecule has 0 atom stereocenters. The molecule has 0 saturated heterocycles. The summed E-state index contributed by atoms with van der Waals surface area (Å²) >= 11 is 2.67. The fraction of sp³-hybridized carbons (Fsp3) is 0.200. The summed E-state index contributed by atoms with van der Waals surface area (Å²) in [6.07, 6.45) is 0. The number of hydrogen-bond donors (Lipinski definition) is 2. The molecule has 0 aliphatic rings. The maximum Gasteiger partial charge on any atom is 0.290 e. The molecule has 1 aromatic carbocycles. The summed E-state index contributed by atoms with van der Waals surface area (Å²) in [7, 11) is 0. The highest BCUT2D eigenvalue weighted by atomic mass is 79.9. The minimum absolute atomic E-state index is 0.314. The van der Waals surface area contributed by atoms with E-state index in [1.165, 1.54) is 0 Å². The highest BCUT2D eigenvalue weighted by Gasteiger charge is 2.46. The van der Waals surface area contributed by atoms with E-state index < -0.39 is 41.6 Å². The number of nitrogens with two attached hydrogens (primary N) is 1. The lowest BCUT2D eigenvalue weighted by molar-refractivity contribution is -0.122. The van der Waals surface area contributed by atoms with E-state index in [0.29, 0.717) is 12.1 Å². The molecule has 0 aliphatic carbocycles. The SMILES string of the molecule is NC(=O)[C](c1cc(Br)c(F)cc1F)C(F)(F)CO. The minimum Gasteiger partial charge on any atom is -0.390 e. The number of primary amides is 1. The number of halogens is 5. The number of aliphatic hydroxyl groups excluding tert-OH is 1. The third-order valence-corrected chi connectivity index (χ3v) is 2.70. The van der Waals surface area contributed by atoms with Gasteiger partial charge in [-0.05, 0) is 22.0 Å². The quantitative estimate of drug-likeness (QED) is 0.653. The summed E-state index contributed by atoms with van der Waals surface area (Å²) in [5, 5.41) is 8.50. The fourth-order valence-corrected chi connectivity index (χ4v) is 1.65. The normalized spacial score (nSPS) is 11.9. The number of aliphatic hydroxyl groups is 1. The van der Waals surface area contributed by atoms with Gasteiger partial charge in [0.25, 0.3) is 5.92 Å². The number of amides is 1. The monoisotopic (exact) mass is 328 g/mol. The van der Waals surface area contributed by atoms with Gasteiger partial charge in [-0.2, -0.15) is 0 Å². The largest absolute Gasteiger partial charge is 0.390 e. The van der Waals surface area contributed by atoms with Crippen LogP contribution in [-0.4, -0.2) is 23.5 Å². The van der Waals surface area contributed by atoms with Crippen LogP contribution in [0.4, 0.5) is 17.6 Å². The van der Waals surface area contributed by atoms with E-state index in [1.807, 2.05) is 0 Å². The van der Waals surface area contributed by atoms with Crippen molar-refractivity contribution in [3.8, 4) is 0 Å². The highest BCUT2D eigenvalue weighted by Crippen LogP contribution is 2.35. The Kier molecular flexibility index (Phi) is 4.33. The fourth-order valence-electron chi connectivity index (χ4n) is 1.30. The average molecular weight is 329 g/mol. The maximum atomic E-state index is 13.4. The van der Waals surface area contributed by atoms with E-state index in [1.54, 1.807) is 0 Å². The second-order valence-corrected chi connectivity index (χ2v) is 4.20. The third kappa shape index (κ3) is 2.81. The van der Waals surface area contributed by atoms with Crippen LogP contribution < -0.4 is 5.73 Å². The number of alkyl halides is 2. The molecule has 0 fully saturated rings. The molecule has 0 spiro atoms.